The summed E-state index contributed by atoms with van der Waals surface area (Å²) in [6.45, 7) is 0. The van der Waals surface area contributed by atoms with E-state index in [1.165, 1.54) is 41.4 Å². The summed E-state index contributed by atoms with van der Waals surface area (Å²) in [6, 6.07) is 17.9. The highest BCUT2D eigenvalue weighted by atomic mass is 16.6. The molecule has 1 amide bonds. The number of rotatable bonds is 6. The Hall–Kier alpha value is -4.60. The number of carbonyl (C=O) groups excluding carboxylic acids is 1. The molecule has 1 aliphatic rings. The lowest BCUT2D eigenvalue weighted by Gasteiger charge is -2.22. The van der Waals surface area contributed by atoms with E-state index in [4.69, 9.17) is 4.74 Å². The Morgan fingerprint density at radius 2 is 1.61 bits per heavy atom. The number of hydrogen-bond acceptors (Lipinski definition) is 7. The summed E-state index contributed by atoms with van der Waals surface area (Å²) in [4.78, 5) is 34.7. The van der Waals surface area contributed by atoms with Crippen molar-refractivity contribution in [1.82, 2.24) is 5.01 Å². The van der Waals surface area contributed by atoms with Crippen molar-refractivity contribution in [3.63, 3.8) is 0 Å². The minimum absolute atomic E-state index is 0.0966. The summed E-state index contributed by atoms with van der Waals surface area (Å²) >= 11 is 0. The second-order valence-electron chi connectivity index (χ2n) is 7.30. The molecule has 0 fully saturated rings. The molecule has 166 valence electrons. The third-order valence-electron chi connectivity index (χ3n) is 5.31. The van der Waals surface area contributed by atoms with Crippen molar-refractivity contribution in [1.29, 1.82) is 0 Å². The van der Waals surface area contributed by atoms with Crippen LogP contribution in [-0.2, 0) is 0 Å². The van der Waals surface area contributed by atoms with Crippen LogP contribution in [0.4, 0.5) is 11.4 Å². The number of ether oxygens (including phenoxy) is 1. The number of benzene rings is 3. The highest BCUT2D eigenvalue weighted by molar-refractivity contribution is 6.05. The predicted octanol–water partition coefficient (Wildman–Crippen LogP) is 4.50. The molecule has 1 heterocycles. The van der Waals surface area contributed by atoms with Crippen molar-refractivity contribution < 1.29 is 19.4 Å². The van der Waals surface area contributed by atoms with Gasteiger partial charge in [0.1, 0.15) is 5.75 Å². The number of amides is 1. The van der Waals surface area contributed by atoms with Gasteiger partial charge in [-0.2, -0.15) is 5.10 Å². The number of hydrazone groups is 1. The number of hydrogen-bond donors (Lipinski definition) is 0. The smallest absolute Gasteiger partial charge is 0.274 e. The molecule has 1 aliphatic heterocycles. The van der Waals surface area contributed by atoms with Crippen LogP contribution in [0.5, 0.6) is 5.75 Å². The minimum Gasteiger partial charge on any atom is -0.497 e. The molecule has 0 saturated heterocycles. The van der Waals surface area contributed by atoms with E-state index in [0.29, 0.717) is 23.4 Å². The fourth-order valence-electron chi connectivity index (χ4n) is 3.65. The van der Waals surface area contributed by atoms with Gasteiger partial charge in [-0.1, -0.05) is 18.2 Å². The maximum atomic E-state index is 13.3. The minimum atomic E-state index is -0.617. The first-order valence-corrected chi connectivity index (χ1v) is 9.91. The molecule has 0 unspecified atom stereocenters. The van der Waals surface area contributed by atoms with E-state index in [2.05, 4.69) is 5.10 Å². The third-order valence-corrected chi connectivity index (χ3v) is 5.31. The SMILES string of the molecule is COc1ccc(C2=NN(C(=O)c3cccc([N+](=O)[O-])c3)[C@@H](c3cccc([N+](=O)[O-])c3)C2)cc1. The van der Waals surface area contributed by atoms with Crippen LogP contribution in [0.15, 0.2) is 77.9 Å². The first-order chi connectivity index (χ1) is 15.9. The van der Waals surface area contributed by atoms with Crippen molar-refractivity contribution in [2.75, 3.05) is 7.11 Å². The van der Waals surface area contributed by atoms with E-state index in [1.54, 1.807) is 31.4 Å². The Labute approximate surface area is 188 Å². The van der Waals surface area contributed by atoms with Gasteiger partial charge < -0.3 is 4.74 Å². The first kappa shape index (κ1) is 21.6. The molecular formula is C23H18N4O6. The molecule has 0 saturated carbocycles. The zero-order chi connectivity index (χ0) is 23.5. The molecule has 0 aliphatic carbocycles. The summed E-state index contributed by atoms with van der Waals surface area (Å²) in [6.07, 6.45) is 0.314. The lowest BCUT2D eigenvalue weighted by molar-refractivity contribution is -0.385. The van der Waals surface area contributed by atoms with E-state index in [1.807, 2.05) is 12.1 Å². The third kappa shape index (κ3) is 4.40. The standard InChI is InChI=1S/C23H18N4O6/c1-33-20-10-8-15(9-11-20)21-14-22(16-4-2-6-18(12-16)26(29)30)25(24-21)23(28)17-5-3-7-19(13-17)27(31)32/h2-13,22H,14H2,1H3/t22-/m1/s1. The van der Waals surface area contributed by atoms with Gasteiger partial charge in [0.05, 0.1) is 28.7 Å². The monoisotopic (exact) mass is 446 g/mol. The van der Waals surface area contributed by atoms with Crippen LogP contribution in [0.3, 0.4) is 0 Å². The topological polar surface area (TPSA) is 128 Å². The van der Waals surface area contributed by atoms with Crippen molar-refractivity contribution in [2.24, 2.45) is 5.10 Å². The van der Waals surface area contributed by atoms with Crippen LogP contribution >= 0.6 is 0 Å². The molecule has 4 rings (SSSR count). The summed E-state index contributed by atoms with van der Waals surface area (Å²) in [7, 11) is 1.56. The maximum absolute atomic E-state index is 13.3. The van der Waals surface area contributed by atoms with Gasteiger partial charge in [0.2, 0.25) is 0 Å². The summed E-state index contributed by atoms with van der Waals surface area (Å²) in [5.41, 5.74) is 1.68. The van der Waals surface area contributed by atoms with Crippen LogP contribution in [0.2, 0.25) is 0 Å². The molecule has 1 atom stereocenters. The number of methoxy groups -OCH3 is 1. The normalized spacial score (nSPS) is 15.1. The molecule has 0 spiro atoms. The molecule has 33 heavy (non-hydrogen) atoms. The van der Waals surface area contributed by atoms with E-state index in [-0.39, 0.29) is 16.9 Å². The quantitative estimate of drug-likeness (QED) is 0.405. The van der Waals surface area contributed by atoms with Gasteiger partial charge in [-0.15, -0.1) is 0 Å². The molecule has 3 aromatic carbocycles. The second-order valence-corrected chi connectivity index (χ2v) is 7.30. The van der Waals surface area contributed by atoms with Gasteiger partial charge in [0, 0.05) is 36.2 Å². The number of nitrogens with zero attached hydrogens (tertiary/aromatic N) is 4. The molecule has 0 radical (unpaired) electrons. The molecule has 0 aromatic heterocycles. The molecule has 10 heteroatoms. The summed E-state index contributed by atoms with van der Waals surface area (Å²) < 4.78 is 5.18. The van der Waals surface area contributed by atoms with Crippen LogP contribution in [0.1, 0.15) is 33.9 Å². The molecule has 10 nitrogen and oxygen atoms in total. The van der Waals surface area contributed by atoms with Gasteiger partial charge in [-0.3, -0.25) is 25.0 Å². The van der Waals surface area contributed by atoms with Crippen LogP contribution in [0.25, 0.3) is 0 Å². The highest BCUT2D eigenvalue weighted by Gasteiger charge is 2.34. The second kappa shape index (κ2) is 8.87. The first-order valence-electron chi connectivity index (χ1n) is 9.91. The van der Waals surface area contributed by atoms with Crippen LogP contribution in [-0.4, -0.2) is 33.6 Å². The molecule has 0 bridgehead atoms. The molecular weight excluding hydrogens is 428 g/mol. The van der Waals surface area contributed by atoms with Crippen LogP contribution in [0, 0.1) is 20.2 Å². The Morgan fingerprint density at radius 1 is 0.970 bits per heavy atom. The van der Waals surface area contributed by atoms with Gasteiger partial charge in [-0.05, 0) is 41.5 Å². The number of nitro benzene ring substituents is 2. The average Bonchev–Trinajstić information content (AvgIpc) is 3.29. The zero-order valence-corrected chi connectivity index (χ0v) is 17.5. The van der Waals surface area contributed by atoms with Gasteiger partial charge in [0.15, 0.2) is 0 Å². The van der Waals surface area contributed by atoms with Crippen LogP contribution < -0.4 is 4.74 Å². The van der Waals surface area contributed by atoms with Gasteiger partial charge in [0.25, 0.3) is 17.3 Å². The van der Waals surface area contributed by atoms with E-state index < -0.39 is 21.8 Å². The lowest BCUT2D eigenvalue weighted by atomic mass is 9.97. The van der Waals surface area contributed by atoms with Crippen molar-refractivity contribution in [2.45, 2.75) is 12.5 Å². The zero-order valence-electron chi connectivity index (χ0n) is 17.5. The number of non-ortho nitro benzene ring substituents is 2. The van der Waals surface area contributed by atoms with E-state index in [9.17, 15) is 25.0 Å². The molecule has 0 N–H and O–H groups in total. The summed E-state index contributed by atoms with van der Waals surface area (Å²) in [5.74, 6) is 0.121. The number of nitro groups is 2. The fourth-order valence-corrected chi connectivity index (χ4v) is 3.65. The van der Waals surface area contributed by atoms with Crippen molar-refractivity contribution >= 4 is 23.0 Å². The Kier molecular flexibility index (Phi) is 5.81. The lowest BCUT2D eigenvalue weighted by Crippen LogP contribution is -2.27. The van der Waals surface area contributed by atoms with E-state index in [0.717, 1.165) is 5.56 Å². The van der Waals surface area contributed by atoms with Gasteiger partial charge in [-0.25, -0.2) is 5.01 Å². The largest absolute Gasteiger partial charge is 0.497 e. The fraction of sp³-hybridized carbons (Fsp3) is 0.130. The highest BCUT2D eigenvalue weighted by Crippen LogP contribution is 2.35. The van der Waals surface area contributed by atoms with Crippen molar-refractivity contribution in [3.05, 3.63) is 110 Å². The maximum Gasteiger partial charge on any atom is 0.274 e. The van der Waals surface area contributed by atoms with E-state index >= 15 is 0 Å². The number of carbonyl (C=O) groups is 1. The Bertz CT molecular complexity index is 1270. The predicted molar refractivity (Wildman–Crippen MR) is 119 cm³/mol. The Balaban J connectivity index is 1.75. The van der Waals surface area contributed by atoms with Gasteiger partial charge >= 0.3 is 0 Å². The van der Waals surface area contributed by atoms with Crippen molar-refractivity contribution in [3.8, 4) is 5.75 Å². The average molecular weight is 446 g/mol. The Morgan fingerprint density at radius 3 is 2.24 bits per heavy atom. The molecule has 3 aromatic rings. The summed E-state index contributed by atoms with van der Waals surface area (Å²) in [5, 5.41) is 28.2.